The molecule has 0 aliphatic rings. The van der Waals surface area contributed by atoms with E-state index < -0.39 is 5.82 Å². The molecular weight excluding hydrogens is 367 g/mol. The van der Waals surface area contributed by atoms with Gasteiger partial charge in [-0.1, -0.05) is 28.9 Å². The second-order valence-electron chi connectivity index (χ2n) is 4.01. The Hall–Kier alpha value is -1.37. The van der Waals surface area contributed by atoms with Gasteiger partial charge in [0.05, 0.1) is 14.4 Å². The van der Waals surface area contributed by atoms with Crippen molar-refractivity contribution in [1.82, 2.24) is 5.16 Å². The first kappa shape index (κ1) is 13.6. The summed E-state index contributed by atoms with van der Waals surface area (Å²) in [5, 5.41) is 5.63. The summed E-state index contributed by atoms with van der Waals surface area (Å²) in [6, 6.07) is 6.58. The van der Waals surface area contributed by atoms with Crippen molar-refractivity contribution in [2.75, 3.05) is 5.73 Å². The molecule has 3 aromatic rings. The number of hydrogen-bond donors (Lipinski definition) is 1. The Morgan fingerprint density at radius 3 is 2.90 bits per heavy atom. The fourth-order valence-electron chi connectivity index (χ4n) is 1.89. The first-order chi connectivity index (χ1) is 9.58. The summed E-state index contributed by atoms with van der Waals surface area (Å²) < 4.78 is 20.4. The second kappa shape index (κ2) is 5.20. The standard InChI is InChI=1S/C13H7BrClFN2OS/c14-9-4-6(5-20-9)12-10(13(17)18-19-12)7-2-1-3-8(15)11(7)16/h1-5H,(H2,17,18). The Labute approximate surface area is 131 Å². The van der Waals surface area contributed by atoms with Crippen LogP contribution in [0.25, 0.3) is 22.5 Å². The molecule has 2 aromatic heterocycles. The summed E-state index contributed by atoms with van der Waals surface area (Å²) in [5.41, 5.74) is 7.28. The molecule has 0 spiro atoms. The van der Waals surface area contributed by atoms with E-state index in [1.54, 1.807) is 12.1 Å². The van der Waals surface area contributed by atoms with Gasteiger partial charge >= 0.3 is 0 Å². The number of nitrogen functional groups attached to an aromatic ring is 1. The molecule has 20 heavy (non-hydrogen) atoms. The van der Waals surface area contributed by atoms with Crippen molar-refractivity contribution in [2.45, 2.75) is 0 Å². The summed E-state index contributed by atoms with van der Waals surface area (Å²) in [4.78, 5) is 0. The van der Waals surface area contributed by atoms with E-state index in [2.05, 4.69) is 21.1 Å². The molecular formula is C13H7BrClFN2OS. The van der Waals surface area contributed by atoms with Gasteiger partial charge in [-0.15, -0.1) is 11.3 Å². The number of thiophene rings is 1. The Kier molecular flexibility index (Phi) is 3.54. The van der Waals surface area contributed by atoms with Crippen molar-refractivity contribution < 1.29 is 8.91 Å². The first-order valence-corrected chi connectivity index (χ1v) is 7.57. The molecule has 0 radical (unpaired) electrons. The lowest BCUT2D eigenvalue weighted by atomic mass is 10.0. The van der Waals surface area contributed by atoms with Gasteiger partial charge in [-0.2, -0.15) is 0 Å². The summed E-state index contributed by atoms with van der Waals surface area (Å²) >= 11 is 10.7. The maximum atomic E-state index is 14.2. The Bertz CT molecular complexity index is 787. The van der Waals surface area contributed by atoms with Crippen LogP contribution in [0.4, 0.5) is 10.2 Å². The fourth-order valence-corrected chi connectivity index (χ4v) is 3.20. The lowest BCUT2D eigenvalue weighted by molar-refractivity contribution is 0.436. The van der Waals surface area contributed by atoms with Crippen molar-refractivity contribution >= 4 is 44.7 Å². The van der Waals surface area contributed by atoms with Crippen molar-refractivity contribution in [2.24, 2.45) is 0 Å². The van der Waals surface area contributed by atoms with Crippen molar-refractivity contribution in [3.8, 4) is 22.5 Å². The predicted octanol–water partition coefficient (Wildman–Crippen LogP) is 5.21. The van der Waals surface area contributed by atoms with Gasteiger partial charge < -0.3 is 10.3 Å². The van der Waals surface area contributed by atoms with Crippen LogP contribution in [0, 0.1) is 5.82 Å². The lowest BCUT2D eigenvalue weighted by Crippen LogP contribution is -1.92. The third-order valence-corrected chi connectivity index (χ3v) is 4.57. The Morgan fingerprint density at radius 1 is 1.40 bits per heavy atom. The second-order valence-corrected chi connectivity index (χ2v) is 6.71. The smallest absolute Gasteiger partial charge is 0.177 e. The van der Waals surface area contributed by atoms with Gasteiger partial charge in [0.25, 0.3) is 0 Å². The Morgan fingerprint density at radius 2 is 2.20 bits per heavy atom. The third kappa shape index (κ3) is 2.24. The number of anilines is 1. The van der Waals surface area contributed by atoms with Crippen molar-refractivity contribution in [3.05, 3.63) is 44.3 Å². The van der Waals surface area contributed by atoms with Gasteiger partial charge in [0.2, 0.25) is 0 Å². The van der Waals surface area contributed by atoms with E-state index >= 15 is 0 Å². The van der Waals surface area contributed by atoms with Gasteiger partial charge in [-0.3, -0.25) is 0 Å². The van der Waals surface area contributed by atoms with Crippen LogP contribution in [0.1, 0.15) is 0 Å². The molecule has 0 aliphatic heterocycles. The molecule has 0 saturated carbocycles. The largest absolute Gasteiger partial charge is 0.380 e. The van der Waals surface area contributed by atoms with E-state index in [0.29, 0.717) is 11.3 Å². The van der Waals surface area contributed by atoms with E-state index in [4.69, 9.17) is 21.9 Å². The number of aromatic nitrogens is 1. The highest BCUT2D eigenvalue weighted by Gasteiger charge is 2.22. The predicted molar refractivity (Wildman–Crippen MR) is 82.3 cm³/mol. The van der Waals surface area contributed by atoms with Crippen LogP contribution in [0.3, 0.4) is 0 Å². The molecule has 3 nitrogen and oxygen atoms in total. The zero-order valence-corrected chi connectivity index (χ0v) is 13.0. The Balaban J connectivity index is 2.24. The SMILES string of the molecule is Nc1noc(-c2csc(Br)c2)c1-c1cccc(Cl)c1F. The molecule has 0 bridgehead atoms. The average molecular weight is 374 g/mol. The van der Waals surface area contributed by atoms with E-state index in [-0.39, 0.29) is 16.4 Å². The first-order valence-electron chi connectivity index (χ1n) is 5.52. The highest BCUT2D eigenvalue weighted by molar-refractivity contribution is 9.11. The quantitative estimate of drug-likeness (QED) is 0.671. The van der Waals surface area contributed by atoms with Crippen molar-refractivity contribution in [3.63, 3.8) is 0 Å². The van der Waals surface area contributed by atoms with E-state index in [0.717, 1.165) is 9.35 Å². The van der Waals surface area contributed by atoms with Crippen LogP contribution in [0.2, 0.25) is 5.02 Å². The average Bonchev–Trinajstić information content (AvgIpc) is 2.99. The number of hydrogen-bond acceptors (Lipinski definition) is 4. The van der Waals surface area contributed by atoms with Crippen LogP contribution in [0.5, 0.6) is 0 Å². The van der Waals surface area contributed by atoms with Gasteiger partial charge in [-0.05, 0) is 28.1 Å². The maximum Gasteiger partial charge on any atom is 0.177 e. The minimum absolute atomic E-state index is 0.0283. The van der Waals surface area contributed by atoms with Gasteiger partial charge in [0.1, 0.15) is 5.82 Å². The highest BCUT2D eigenvalue weighted by Crippen LogP contribution is 2.41. The van der Waals surface area contributed by atoms with Gasteiger partial charge in [-0.25, -0.2) is 4.39 Å². The molecule has 0 unspecified atom stereocenters. The van der Waals surface area contributed by atoms with E-state index in [9.17, 15) is 4.39 Å². The van der Waals surface area contributed by atoms with E-state index in [1.165, 1.54) is 17.4 Å². The molecule has 3 rings (SSSR count). The minimum Gasteiger partial charge on any atom is -0.380 e. The number of rotatable bonds is 2. The molecule has 0 fully saturated rings. The minimum atomic E-state index is -0.542. The normalized spacial score (nSPS) is 10.9. The number of nitrogens with two attached hydrogens (primary N) is 1. The van der Waals surface area contributed by atoms with E-state index in [1.807, 2.05) is 11.4 Å². The summed E-state index contributed by atoms with van der Waals surface area (Å²) in [6.45, 7) is 0. The molecule has 0 amide bonds. The molecule has 0 aliphatic carbocycles. The molecule has 0 saturated heterocycles. The maximum absolute atomic E-state index is 14.2. The number of nitrogens with zero attached hydrogens (tertiary/aromatic N) is 1. The number of benzene rings is 1. The fraction of sp³-hybridized carbons (Fsp3) is 0. The summed E-state index contributed by atoms with van der Waals surface area (Å²) in [5.74, 6) is 0.00807. The molecule has 0 atom stereocenters. The zero-order chi connectivity index (χ0) is 14.3. The topological polar surface area (TPSA) is 52.0 Å². The monoisotopic (exact) mass is 372 g/mol. The molecule has 7 heteroatoms. The summed E-state index contributed by atoms with van der Waals surface area (Å²) in [6.07, 6.45) is 0. The van der Waals surface area contributed by atoms with Gasteiger partial charge in [0.15, 0.2) is 11.6 Å². The van der Waals surface area contributed by atoms with Crippen LogP contribution in [-0.2, 0) is 0 Å². The molecule has 102 valence electrons. The highest BCUT2D eigenvalue weighted by atomic mass is 79.9. The molecule has 1 aromatic carbocycles. The van der Waals surface area contributed by atoms with Crippen LogP contribution in [-0.4, -0.2) is 5.16 Å². The third-order valence-electron chi connectivity index (χ3n) is 2.77. The van der Waals surface area contributed by atoms with Gasteiger partial charge in [0, 0.05) is 16.5 Å². The lowest BCUT2D eigenvalue weighted by Gasteiger charge is -2.04. The molecule has 2 heterocycles. The van der Waals surface area contributed by atoms with Crippen LogP contribution < -0.4 is 5.73 Å². The van der Waals surface area contributed by atoms with Crippen molar-refractivity contribution in [1.29, 1.82) is 0 Å². The summed E-state index contributed by atoms with van der Waals surface area (Å²) in [7, 11) is 0. The zero-order valence-electron chi connectivity index (χ0n) is 9.86. The molecule has 2 N–H and O–H groups in total. The van der Waals surface area contributed by atoms with Crippen LogP contribution in [0.15, 0.2) is 38.0 Å². The number of halogens is 3. The van der Waals surface area contributed by atoms with Crippen LogP contribution >= 0.6 is 38.9 Å².